The Morgan fingerprint density at radius 3 is 2.39 bits per heavy atom. The van der Waals surface area contributed by atoms with Crippen molar-refractivity contribution in [1.29, 1.82) is 0 Å². The first-order valence-corrected chi connectivity index (χ1v) is 8.41. The summed E-state index contributed by atoms with van der Waals surface area (Å²) in [5.74, 6) is -0.275. The molecular weight excluding hydrogens is 289 g/mol. The quantitative estimate of drug-likeness (QED) is 0.766. The third-order valence-electron chi connectivity index (χ3n) is 4.31. The van der Waals surface area contributed by atoms with E-state index in [4.69, 9.17) is 0 Å². The molecule has 2 aromatic rings. The van der Waals surface area contributed by atoms with Crippen molar-refractivity contribution in [1.82, 2.24) is 4.90 Å². The Hall–Kier alpha value is -1.71. The van der Waals surface area contributed by atoms with Gasteiger partial charge >= 0.3 is 0 Å². The van der Waals surface area contributed by atoms with Gasteiger partial charge in [-0.15, -0.1) is 0 Å². The second-order valence-corrected chi connectivity index (χ2v) is 5.78. The fraction of sp³-hybridized carbons (Fsp3) is 0.400. The number of benzene rings is 2. The molecule has 0 fully saturated rings. The van der Waals surface area contributed by atoms with Gasteiger partial charge in [0.1, 0.15) is 5.82 Å². The van der Waals surface area contributed by atoms with Crippen molar-refractivity contribution in [2.75, 3.05) is 19.6 Å². The molecule has 0 aromatic heterocycles. The molecule has 2 nitrogen and oxygen atoms in total. The average molecular weight is 315 g/mol. The van der Waals surface area contributed by atoms with E-state index in [1.807, 2.05) is 30.3 Å². The maximum absolute atomic E-state index is 13.7. The molecule has 2 aromatic carbocycles. The maximum atomic E-state index is 13.7. The number of halogens is 1. The van der Waals surface area contributed by atoms with E-state index in [0.717, 1.165) is 42.7 Å². The molecule has 124 valence electrons. The summed E-state index contributed by atoms with van der Waals surface area (Å²) in [6, 6.07) is 14.3. The second kappa shape index (κ2) is 8.80. The third kappa shape index (κ3) is 4.88. The molecule has 0 bridgehead atoms. The predicted molar refractivity (Wildman–Crippen MR) is 93.8 cm³/mol. The summed E-state index contributed by atoms with van der Waals surface area (Å²) in [7, 11) is 0. The van der Waals surface area contributed by atoms with E-state index in [0.29, 0.717) is 6.42 Å². The van der Waals surface area contributed by atoms with Crippen LogP contribution in [0.15, 0.2) is 48.5 Å². The van der Waals surface area contributed by atoms with E-state index in [9.17, 15) is 9.50 Å². The number of hydrogen-bond donors (Lipinski definition) is 1. The van der Waals surface area contributed by atoms with Gasteiger partial charge in [-0.3, -0.25) is 0 Å². The number of hydrogen-bond acceptors (Lipinski definition) is 2. The molecule has 0 aliphatic rings. The summed E-state index contributed by atoms with van der Waals surface area (Å²) in [6.45, 7) is 7.32. The van der Waals surface area contributed by atoms with Gasteiger partial charge in [-0.05, 0) is 61.3 Å². The summed E-state index contributed by atoms with van der Waals surface area (Å²) >= 11 is 0. The van der Waals surface area contributed by atoms with Gasteiger partial charge in [0.25, 0.3) is 0 Å². The minimum atomic E-state index is -0.568. The van der Waals surface area contributed by atoms with E-state index in [2.05, 4.69) is 18.7 Å². The van der Waals surface area contributed by atoms with Crippen LogP contribution in [0.4, 0.5) is 4.39 Å². The zero-order valence-corrected chi connectivity index (χ0v) is 14.0. The molecule has 0 aliphatic carbocycles. The van der Waals surface area contributed by atoms with Gasteiger partial charge in [0.2, 0.25) is 0 Å². The molecule has 1 unspecified atom stereocenters. The molecule has 0 radical (unpaired) electrons. The first-order chi connectivity index (χ1) is 11.2. The summed E-state index contributed by atoms with van der Waals surface area (Å²) in [5, 5.41) is 10.6. The Balaban J connectivity index is 2.12. The van der Waals surface area contributed by atoms with Crippen molar-refractivity contribution >= 4 is 0 Å². The normalized spacial score (nSPS) is 12.6. The van der Waals surface area contributed by atoms with Gasteiger partial charge in [-0.2, -0.15) is 0 Å². The van der Waals surface area contributed by atoms with Gasteiger partial charge in [-0.1, -0.05) is 50.2 Å². The Labute approximate surface area is 138 Å². The number of aliphatic hydroxyl groups is 1. The van der Waals surface area contributed by atoms with Crippen molar-refractivity contribution < 1.29 is 9.50 Å². The number of rotatable bonds is 8. The molecule has 23 heavy (non-hydrogen) atoms. The van der Waals surface area contributed by atoms with Crippen LogP contribution in [0.5, 0.6) is 0 Å². The van der Waals surface area contributed by atoms with Gasteiger partial charge in [0.05, 0.1) is 6.10 Å². The van der Waals surface area contributed by atoms with E-state index in [1.165, 1.54) is 12.1 Å². The molecular formula is C20H26FNO. The van der Waals surface area contributed by atoms with Crippen LogP contribution in [0.25, 0.3) is 11.1 Å². The van der Waals surface area contributed by atoms with Gasteiger partial charge in [0.15, 0.2) is 0 Å². The number of aliphatic hydroxyl groups excluding tert-OH is 1. The maximum Gasteiger partial charge on any atom is 0.123 e. The van der Waals surface area contributed by atoms with Crippen LogP contribution < -0.4 is 0 Å². The number of nitrogens with zero attached hydrogens (tertiary/aromatic N) is 1. The largest absolute Gasteiger partial charge is 0.388 e. The molecule has 0 saturated heterocycles. The Morgan fingerprint density at radius 1 is 1.04 bits per heavy atom. The molecule has 2 rings (SSSR count). The van der Waals surface area contributed by atoms with Gasteiger partial charge in [0, 0.05) is 0 Å². The standard InChI is InChI=1S/C20H26FNO/c1-3-22(4-2)14-8-11-20(23)18-13-12-17(21)15-19(18)16-9-6-5-7-10-16/h5-7,9-10,12-13,15,20,23H,3-4,8,11,14H2,1-2H3. The minimum Gasteiger partial charge on any atom is -0.388 e. The van der Waals surface area contributed by atoms with Crippen LogP contribution in [0.3, 0.4) is 0 Å². The van der Waals surface area contributed by atoms with Crippen LogP contribution in [0.1, 0.15) is 38.4 Å². The smallest absolute Gasteiger partial charge is 0.123 e. The zero-order valence-electron chi connectivity index (χ0n) is 14.0. The zero-order chi connectivity index (χ0) is 16.7. The average Bonchev–Trinajstić information content (AvgIpc) is 2.59. The van der Waals surface area contributed by atoms with E-state index in [1.54, 1.807) is 6.07 Å². The van der Waals surface area contributed by atoms with E-state index in [-0.39, 0.29) is 5.82 Å². The van der Waals surface area contributed by atoms with Crippen molar-refractivity contribution in [2.45, 2.75) is 32.8 Å². The van der Waals surface area contributed by atoms with Crippen molar-refractivity contribution in [3.63, 3.8) is 0 Å². The lowest BCUT2D eigenvalue weighted by Crippen LogP contribution is -2.24. The molecule has 1 N–H and O–H groups in total. The lowest BCUT2D eigenvalue weighted by atomic mass is 9.94. The van der Waals surface area contributed by atoms with Gasteiger partial charge < -0.3 is 10.0 Å². The molecule has 0 aliphatic heterocycles. The fourth-order valence-corrected chi connectivity index (χ4v) is 2.89. The van der Waals surface area contributed by atoms with E-state index >= 15 is 0 Å². The molecule has 0 heterocycles. The highest BCUT2D eigenvalue weighted by molar-refractivity contribution is 5.67. The van der Waals surface area contributed by atoms with Crippen LogP contribution in [0.2, 0.25) is 0 Å². The summed E-state index contributed by atoms with van der Waals surface area (Å²) in [4.78, 5) is 2.34. The summed E-state index contributed by atoms with van der Waals surface area (Å²) < 4.78 is 13.7. The Kier molecular flexibility index (Phi) is 6.75. The summed E-state index contributed by atoms with van der Waals surface area (Å²) in [6.07, 6.45) is 1.04. The topological polar surface area (TPSA) is 23.5 Å². The Bertz CT molecular complexity index is 596. The van der Waals surface area contributed by atoms with Crippen molar-refractivity contribution in [3.8, 4) is 11.1 Å². The third-order valence-corrected chi connectivity index (χ3v) is 4.31. The highest BCUT2D eigenvalue weighted by Gasteiger charge is 2.15. The van der Waals surface area contributed by atoms with Crippen LogP contribution in [-0.4, -0.2) is 29.6 Å². The lowest BCUT2D eigenvalue weighted by Gasteiger charge is -2.20. The molecule has 0 spiro atoms. The predicted octanol–water partition coefficient (Wildman–Crippen LogP) is 4.65. The van der Waals surface area contributed by atoms with Gasteiger partial charge in [-0.25, -0.2) is 4.39 Å². The molecule has 0 saturated carbocycles. The molecule has 1 atom stereocenters. The van der Waals surface area contributed by atoms with Crippen LogP contribution in [-0.2, 0) is 0 Å². The minimum absolute atomic E-state index is 0.275. The van der Waals surface area contributed by atoms with Crippen molar-refractivity contribution in [2.24, 2.45) is 0 Å². The second-order valence-electron chi connectivity index (χ2n) is 5.78. The van der Waals surface area contributed by atoms with E-state index < -0.39 is 6.10 Å². The SMILES string of the molecule is CCN(CC)CCCC(O)c1ccc(F)cc1-c1ccccc1. The fourth-order valence-electron chi connectivity index (χ4n) is 2.89. The molecule has 0 amide bonds. The first kappa shape index (κ1) is 17.6. The Morgan fingerprint density at radius 2 is 1.74 bits per heavy atom. The summed E-state index contributed by atoms with van der Waals surface area (Å²) in [5.41, 5.74) is 2.52. The molecule has 3 heteroatoms. The van der Waals surface area contributed by atoms with Crippen LogP contribution >= 0.6 is 0 Å². The van der Waals surface area contributed by atoms with Crippen LogP contribution in [0, 0.1) is 5.82 Å². The van der Waals surface area contributed by atoms with Crippen molar-refractivity contribution in [3.05, 3.63) is 59.9 Å². The first-order valence-electron chi connectivity index (χ1n) is 8.41. The highest BCUT2D eigenvalue weighted by Crippen LogP contribution is 2.31. The highest BCUT2D eigenvalue weighted by atomic mass is 19.1. The monoisotopic (exact) mass is 315 g/mol. The lowest BCUT2D eigenvalue weighted by molar-refractivity contribution is 0.157.